The molecule has 0 amide bonds. The number of hydrogen-bond acceptors (Lipinski definition) is 4. The maximum absolute atomic E-state index is 5.72. The van der Waals surface area contributed by atoms with Gasteiger partial charge in [-0.3, -0.25) is 0 Å². The largest absolute Gasteiger partial charge is 0.489 e. The van der Waals surface area contributed by atoms with Crippen LogP contribution in [0.5, 0.6) is 17.2 Å². The zero-order valence-corrected chi connectivity index (χ0v) is 12.8. The standard InChI is InChI=1S/C15H20ClNO3/c1-15(2,3)17-9-11-7-13-14(20-10-19-13)8-12(11)18-6-4-5-16/h4-5,7-8,17H,6,9-10H2,1-3H3. The Bertz CT molecular complexity index is 495. The summed E-state index contributed by atoms with van der Waals surface area (Å²) in [6, 6.07) is 3.82. The van der Waals surface area contributed by atoms with Crippen LogP contribution in [-0.4, -0.2) is 18.9 Å². The molecule has 0 radical (unpaired) electrons. The highest BCUT2D eigenvalue weighted by Crippen LogP contribution is 2.38. The van der Waals surface area contributed by atoms with Crippen LogP contribution in [0.4, 0.5) is 0 Å². The molecule has 0 unspecified atom stereocenters. The Hall–Kier alpha value is -1.39. The maximum Gasteiger partial charge on any atom is 0.231 e. The molecule has 1 aromatic rings. The van der Waals surface area contributed by atoms with E-state index in [1.165, 1.54) is 5.54 Å². The highest BCUT2D eigenvalue weighted by molar-refractivity contribution is 6.25. The van der Waals surface area contributed by atoms with E-state index in [-0.39, 0.29) is 12.3 Å². The number of ether oxygens (including phenoxy) is 3. The highest BCUT2D eigenvalue weighted by Gasteiger charge is 2.19. The van der Waals surface area contributed by atoms with E-state index in [0.717, 1.165) is 22.8 Å². The minimum Gasteiger partial charge on any atom is -0.489 e. The molecular formula is C15H20ClNO3. The summed E-state index contributed by atoms with van der Waals surface area (Å²) in [6.45, 7) is 7.74. The van der Waals surface area contributed by atoms with Gasteiger partial charge in [-0.1, -0.05) is 11.6 Å². The Balaban J connectivity index is 2.17. The van der Waals surface area contributed by atoms with Crippen molar-refractivity contribution in [3.63, 3.8) is 0 Å². The van der Waals surface area contributed by atoms with Gasteiger partial charge >= 0.3 is 0 Å². The normalized spacial score (nSPS) is 14.0. The summed E-state index contributed by atoms with van der Waals surface area (Å²) in [5, 5.41) is 3.44. The zero-order chi connectivity index (χ0) is 14.6. The third-order valence-corrected chi connectivity index (χ3v) is 2.97. The van der Waals surface area contributed by atoms with E-state index < -0.39 is 0 Å². The molecule has 0 saturated carbocycles. The average Bonchev–Trinajstić information content (AvgIpc) is 2.82. The Morgan fingerprint density at radius 2 is 2.00 bits per heavy atom. The van der Waals surface area contributed by atoms with E-state index in [1.54, 1.807) is 6.08 Å². The summed E-state index contributed by atoms with van der Waals surface area (Å²) < 4.78 is 16.5. The molecule has 0 atom stereocenters. The summed E-state index contributed by atoms with van der Waals surface area (Å²) >= 11 is 5.50. The molecule has 5 heteroatoms. The van der Waals surface area contributed by atoms with Gasteiger partial charge in [0.25, 0.3) is 0 Å². The summed E-state index contributed by atoms with van der Waals surface area (Å²) in [7, 11) is 0. The summed E-state index contributed by atoms with van der Waals surface area (Å²) in [5.41, 5.74) is 2.51. The lowest BCUT2D eigenvalue weighted by Gasteiger charge is -2.21. The first kappa shape index (κ1) is 15.0. The topological polar surface area (TPSA) is 39.7 Å². The molecule has 0 aliphatic carbocycles. The van der Waals surface area contributed by atoms with Gasteiger partial charge in [0.05, 0.1) is 0 Å². The number of fused-ring (bicyclic) bond motifs is 1. The van der Waals surface area contributed by atoms with Gasteiger partial charge in [0.2, 0.25) is 6.79 Å². The van der Waals surface area contributed by atoms with Crippen LogP contribution in [0, 0.1) is 0 Å². The quantitative estimate of drug-likeness (QED) is 0.904. The second kappa shape index (κ2) is 6.37. The molecule has 1 aliphatic heterocycles. The Kier molecular flexibility index (Phi) is 4.78. The van der Waals surface area contributed by atoms with Gasteiger partial charge in [-0.05, 0) is 32.9 Å². The van der Waals surface area contributed by atoms with Crippen molar-refractivity contribution in [1.29, 1.82) is 0 Å². The van der Waals surface area contributed by atoms with Crippen LogP contribution in [-0.2, 0) is 6.54 Å². The molecule has 1 aromatic carbocycles. The van der Waals surface area contributed by atoms with Gasteiger partial charge < -0.3 is 19.5 Å². The van der Waals surface area contributed by atoms with Crippen molar-refractivity contribution in [2.24, 2.45) is 0 Å². The highest BCUT2D eigenvalue weighted by atomic mass is 35.5. The number of rotatable bonds is 5. The van der Waals surface area contributed by atoms with E-state index in [9.17, 15) is 0 Å². The third-order valence-electron chi connectivity index (χ3n) is 2.79. The number of benzene rings is 1. The fourth-order valence-electron chi connectivity index (χ4n) is 1.77. The Morgan fingerprint density at radius 3 is 2.65 bits per heavy atom. The van der Waals surface area contributed by atoms with Crippen molar-refractivity contribution in [3.05, 3.63) is 29.3 Å². The third kappa shape index (κ3) is 4.05. The van der Waals surface area contributed by atoms with Gasteiger partial charge in [-0.25, -0.2) is 0 Å². The van der Waals surface area contributed by atoms with Crippen molar-refractivity contribution in [3.8, 4) is 17.2 Å². The van der Waals surface area contributed by atoms with Crippen LogP contribution < -0.4 is 19.5 Å². The predicted molar refractivity (Wildman–Crippen MR) is 79.6 cm³/mol. The predicted octanol–water partition coefficient (Wildman–Crippen LogP) is 3.43. The Labute approximate surface area is 124 Å². The van der Waals surface area contributed by atoms with E-state index >= 15 is 0 Å². The molecule has 0 saturated heterocycles. The minimum atomic E-state index is 0.0314. The lowest BCUT2D eigenvalue weighted by molar-refractivity contribution is 0.174. The first-order valence-corrected chi connectivity index (χ1v) is 6.99. The second-order valence-electron chi connectivity index (χ2n) is 5.59. The molecule has 2 rings (SSSR count). The van der Waals surface area contributed by atoms with E-state index in [0.29, 0.717) is 13.2 Å². The summed E-state index contributed by atoms with van der Waals surface area (Å²) in [5.74, 6) is 2.26. The molecule has 0 bridgehead atoms. The first-order chi connectivity index (χ1) is 9.49. The molecule has 0 aromatic heterocycles. The number of halogens is 1. The fourth-order valence-corrected chi connectivity index (χ4v) is 1.85. The molecule has 20 heavy (non-hydrogen) atoms. The summed E-state index contributed by atoms with van der Waals surface area (Å²) in [4.78, 5) is 0. The van der Waals surface area contributed by atoms with Crippen molar-refractivity contribution in [2.45, 2.75) is 32.9 Å². The second-order valence-corrected chi connectivity index (χ2v) is 5.84. The number of nitrogens with one attached hydrogen (secondary N) is 1. The van der Waals surface area contributed by atoms with Crippen LogP contribution in [0.1, 0.15) is 26.3 Å². The zero-order valence-electron chi connectivity index (χ0n) is 12.0. The van der Waals surface area contributed by atoms with E-state index in [2.05, 4.69) is 26.1 Å². The van der Waals surface area contributed by atoms with Crippen LogP contribution >= 0.6 is 11.6 Å². The SMILES string of the molecule is CC(C)(C)NCc1cc2c(cc1OCC=CCl)OCO2. The smallest absolute Gasteiger partial charge is 0.231 e. The van der Waals surface area contributed by atoms with Gasteiger partial charge in [-0.2, -0.15) is 0 Å². The minimum absolute atomic E-state index is 0.0314. The van der Waals surface area contributed by atoms with Crippen LogP contribution in [0.2, 0.25) is 0 Å². The molecule has 0 spiro atoms. The molecule has 110 valence electrons. The van der Waals surface area contributed by atoms with Gasteiger partial charge in [0, 0.05) is 29.2 Å². The molecular weight excluding hydrogens is 278 g/mol. The van der Waals surface area contributed by atoms with Crippen LogP contribution in [0.25, 0.3) is 0 Å². The first-order valence-electron chi connectivity index (χ1n) is 6.55. The molecule has 1 heterocycles. The fraction of sp³-hybridized carbons (Fsp3) is 0.467. The maximum atomic E-state index is 5.72. The van der Waals surface area contributed by atoms with Crippen LogP contribution in [0.15, 0.2) is 23.7 Å². The summed E-state index contributed by atoms with van der Waals surface area (Å²) in [6.07, 6.45) is 1.74. The molecule has 4 nitrogen and oxygen atoms in total. The van der Waals surface area contributed by atoms with Gasteiger partial charge in [0.1, 0.15) is 12.4 Å². The Morgan fingerprint density at radius 1 is 1.30 bits per heavy atom. The van der Waals surface area contributed by atoms with Crippen molar-refractivity contribution in [1.82, 2.24) is 5.32 Å². The monoisotopic (exact) mass is 297 g/mol. The molecule has 0 fully saturated rings. The average molecular weight is 298 g/mol. The van der Waals surface area contributed by atoms with E-state index in [1.807, 2.05) is 12.1 Å². The van der Waals surface area contributed by atoms with Crippen molar-refractivity contribution in [2.75, 3.05) is 13.4 Å². The van der Waals surface area contributed by atoms with Crippen molar-refractivity contribution < 1.29 is 14.2 Å². The molecule has 1 aliphatic rings. The number of hydrogen-bond donors (Lipinski definition) is 1. The van der Waals surface area contributed by atoms with Crippen molar-refractivity contribution >= 4 is 11.6 Å². The van der Waals surface area contributed by atoms with Gasteiger partial charge in [-0.15, -0.1) is 0 Å². The molecule has 1 N–H and O–H groups in total. The van der Waals surface area contributed by atoms with Crippen LogP contribution in [0.3, 0.4) is 0 Å². The van der Waals surface area contributed by atoms with Gasteiger partial charge in [0.15, 0.2) is 11.5 Å². The lowest BCUT2D eigenvalue weighted by Crippen LogP contribution is -2.35. The van der Waals surface area contributed by atoms with E-state index in [4.69, 9.17) is 25.8 Å². The lowest BCUT2D eigenvalue weighted by atomic mass is 10.1.